The van der Waals surface area contributed by atoms with Crippen LogP contribution in [-0.2, 0) is 21.4 Å². The Morgan fingerprint density at radius 2 is 2.16 bits per heavy atom. The number of amides is 2. The molecule has 1 saturated heterocycles. The number of anilines is 1. The summed E-state index contributed by atoms with van der Waals surface area (Å²) in [7, 11) is 1.68. The van der Waals surface area contributed by atoms with E-state index in [9.17, 15) is 19.5 Å². The van der Waals surface area contributed by atoms with Gasteiger partial charge in [0.1, 0.15) is 22.4 Å². The van der Waals surface area contributed by atoms with Crippen LogP contribution in [0.15, 0.2) is 51.0 Å². The van der Waals surface area contributed by atoms with Gasteiger partial charge in [-0.2, -0.15) is 0 Å². The van der Waals surface area contributed by atoms with Crippen LogP contribution >= 0.6 is 58.2 Å². The quantitative estimate of drug-likeness (QED) is 0.239. The molecule has 17 heteroatoms. The van der Waals surface area contributed by atoms with Gasteiger partial charge in [0.05, 0.1) is 10.7 Å². The number of aryl methyl sites for hydroxylation is 1. The number of thiazole rings is 1. The van der Waals surface area contributed by atoms with Gasteiger partial charge in [-0.15, -0.1) is 40.0 Å². The smallest absolute Gasteiger partial charge is 0.352 e. The number of halogens is 1. The molecule has 0 saturated carbocycles. The van der Waals surface area contributed by atoms with Crippen LogP contribution in [-0.4, -0.2) is 75.9 Å². The van der Waals surface area contributed by atoms with Gasteiger partial charge < -0.3 is 16.2 Å². The third kappa shape index (κ3) is 5.22. The van der Waals surface area contributed by atoms with E-state index in [1.807, 2.05) is 0 Å². The molecule has 3 aromatic rings. The number of benzene rings is 1. The molecule has 2 unspecified atom stereocenters. The summed E-state index contributed by atoms with van der Waals surface area (Å²) >= 11 is 11.4. The Balaban J connectivity index is 1.33. The molecular formula is C21H19ClN8O4S4. The molecule has 38 heavy (non-hydrogen) atoms. The van der Waals surface area contributed by atoms with Gasteiger partial charge in [-0.25, -0.2) is 14.5 Å². The second kappa shape index (κ2) is 11.1. The first-order chi connectivity index (χ1) is 18.2. The minimum atomic E-state index is -1.20. The summed E-state index contributed by atoms with van der Waals surface area (Å²) in [5.41, 5.74) is 6.76. The summed E-state index contributed by atoms with van der Waals surface area (Å²) in [6, 6.07) is 6.22. The van der Waals surface area contributed by atoms with Gasteiger partial charge in [0.2, 0.25) is 11.1 Å². The van der Waals surface area contributed by atoms with Crippen LogP contribution in [0.4, 0.5) is 5.13 Å². The largest absolute Gasteiger partial charge is 0.477 e. The van der Waals surface area contributed by atoms with E-state index in [0.29, 0.717) is 43.0 Å². The van der Waals surface area contributed by atoms with E-state index >= 15 is 0 Å². The average Bonchev–Trinajstić information content (AvgIpc) is 3.51. The minimum Gasteiger partial charge on any atom is -0.477 e. The van der Waals surface area contributed by atoms with E-state index in [4.69, 9.17) is 17.3 Å². The maximum absolute atomic E-state index is 13.5. The monoisotopic (exact) mass is 610 g/mol. The Labute approximate surface area is 237 Å². The predicted octanol–water partition coefficient (Wildman–Crippen LogP) is 2.27. The van der Waals surface area contributed by atoms with E-state index in [0.717, 1.165) is 0 Å². The number of tetrazole rings is 1. The molecule has 2 amide bonds. The van der Waals surface area contributed by atoms with Crippen LogP contribution in [0.2, 0.25) is 5.02 Å². The van der Waals surface area contributed by atoms with Gasteiger partial charge in [0.25, 0.3) is 5.91 Å². The molecule has 0 bridgehead atoms. The lowest BCUT2D eigenvalue weighted by atomic mass is 10.0. The van der Waals surface area contributed by atoms with Gasteiger partial charge in [0.15, 0.2) is 5.13 Å². The van der Waals surface area contributed by atoms with Crippen molar-refractivity contribution in [3.63, 3.8) is 0 Å². The van der Waals surface area contributed by atoms with Gasteiger partial charge in [-0.05, 0) is 28.1 Å². The van der Waals surface area contributed by atoms with Crippen LogP contribution in [0, 0.1) is 0 Å². The molecule has 2 aliphatic rings. The molecule has 0 spiro atoms. The van der Waals surface area contributed by atoms with Crippen LogP contribution < -0.4 is 11.1 Å². The zero-order valence-corrected chi connectivity index (χ0v) is 23.5. The summed E-state index contributed by atoms with van der Waals surface area (Å²) in [5, 5.41) is 25.6. The molecule has 2 aromatic heterocycles. The number of aromatic nitrogens is 5. The number of carboxylic acids is 1. The number of β-lactam (4-membered cyclic amide) rings is 1. The third-order valence-corrected chi connectivity index (χ3v) is 10.5. The Hall–Kier alpha value is -2.79. The van der Waals surface area contributed by atoms with Gasteiger partial charge in [-0.3, -0.25) is 14.5 Å². The van der Waals surface area contributed by atoms with Crippen LogP contribution in [0.25, 0.3) is 0 Å². The number of hydrogen-bond acceptors (Lipinski definition) is 12. The minimum absolute atomic E-state index is 0.0684. The van der Waals surface area contributed by atoms with Crippen molar-refractivity contribution in [2.45, 2.75) is 26.7 Å². The summed E-state index contributed by atoms with van der Waals surface area (Å²) < 4.78 is 1.48. The SMILES string of the molecule is Cn1nnnc1SCC1=C(C(=O)O)N2C(=O)C(NC(=O)C(Sc3ccccc3Cl)c3csc(N)n3)[C@H]2SC1. The number of carbonyl (C=O) groups is 3. The van der Waals surface area contributed by atoms with Crippen LogP contribution in [0.3, 0.4) is 0 Å². The number of nitrogens with zero attached hydrogens (tertiary/aromatic N) is 6. The van der Waals surface area contributed by atoms with Crippen molar-refractivity contribution in [1.82, 2.24) is 35.4 Å². The topological polar surface area (TPSA) is 169 Å². The molecule has 1 fully saturated rings. The Kier molecular flexibility index (Phi) is 7.85. The maximum Gasteiger partial charge on any atom is 0.352 e. The zero-order chi connectivity index (χ0) is 27.0. The van der Waals surface area contributed by atoms with Gasteiger partial charge >= 0.3 is 5.97 Å². The van der Waals surface area contributed by atoms with Crippen molar-refractivity contribution in [2.75, 3.05) is 17.2 Å². The summed E-state index contributed by atoms with van der Waals surface area (Å²) in [5.74, 6) is -1.46. The number of rotatable bonds is 9. The second-order valence-electron chi connectivity index (χ2n) is 8.07. The van der Waals surface area contributed by atoms with E-state index in [1.165, 1.54) is 56.2 Å². The first-order valence-corrected chi connectivity index (χ1v) is 15.1. The molecule has 2 aliphatic heterocycles. The molecule has 198 valence electrons. The fraction of sp³-hybridized carbons (Fsp3) is 0.286. The number of nitrogens with two attached hydrogens (primary N) is 1. The standard InChI is InChI=1S/C21H19ClN8O4S4/c1-29-21(26-27-28-29)37-7-9-6-35-18-13(17(32)30(18)14(9)19(33)34)25-16(31)15(11-8-36-20(23)24-11)38-12-5-3-2-4-10(12)22/h2-5,8,13,15,18H,6-7H2,1H3,(H2,23,24)(H,25,31)(H,33,34)/t13?,15?,18-/m1/s1. The lowest BCUT2D eigenvalue weighted by Gasteiger charge is -2.49. The highest BCUT2D eigenvalue weighted by Crippen LogP contribution is 2.43. The van der Waals surface area contributed by atoms with Crippen LogP contribution in [0.1, 0.15) is 10.9 Å². The summed E-state index contributed by atoms with van der Waals surface area (Å²) in [6.07, 6.45) is 0. The Morgan fingerprint density at radius 3 is 2.82 bits per heavy atom. The number of carbonyl (C=O) groups excluding carboxylic acids is 2. The Bertz CT molecular complexity index is 1450. The predicted molar refractivity (Wildman–Crippen MR) is 146 cm³/mol. The number of fused-ring (bicyclic) bond motifs is 1. The highest BCUT2D eigenvalue weighted by molar-refractivity contribution is 8.01. The number of thioether (sulfide) groups is 3. The fourth-order valence-corrected chi connectivity index (χ4v) is 8.14. The normalized spacial score (nSPS) is 19.6. The van der Waals surface area contributed by atoms with E-state index in [1.54, 1.807) is 36.7 Å². The second-order valence-corrected chi connectivity index (χ2v) is 12.6. The average molecular weight is 611 g/mol. The highest BCUT2D eigenvalue weighted by atomic mass is 35.5. The molecule has 0 aliphatic carbocycles. The number of nitrogens with one attached hydrogen (secondary N) is 1. The number of carboxylic acid groups (broad SMARTS) is 1. The molecule has 12 nitrogen and oxygen atoms in total. The zero-order valence-electron chi connectivity index (χ0n) is 19.5. The van der Waals surface area contributed by atoms with Crippen molar-refractivity contribution < 1.29 is 19.5 Å². The van der Waals surface area contributed by atoms with E-state index in [-0.39, 0.29) is 5.70 Å². The molecule has 3 atom stereocenters. The first-order valence-electron chi connectivity index (χ1n) is 10.9. The van der Waals surface area contributed by atoms with Gasteiger partial charge in [0, 0.05) is 28.8 Å². The lowest BCUT2D eigenvalue weighted by molar-refractivity contribution is -0.150. The number of aliphatic carboxylic acids is 1. The number of hydrogen-bond donors (Lipinski definition) is 3. The van der Waals surface area contributed by atoms with Crippen molar-refractivity contribution in [3.05, 3.63) is 51.6 Å². The summed E-state index contributed by atoms with van der Waals surface area (Å²) in [4.78, 5) is 44.9. The molecular weight excluding hydrogens is 592 g/mol. The third-order valence-electron chi connectivity index (χ3n) is 5.63. The Morgan fingerprint density at radius 1 is 1.37 bits per heavy atom. The number of nitrogen functional groups attached to an aromatic ring is 1. The lowest BCUT2D eigenvalue weighted by Crippen LogP contribution is -2.70. The van der Waals surface area contributed by atoms with Crippen LogP contribution in [0.5, 0.6) is 0 Å². The summed E-state index contributed by atoms with van der Waals surface area (Å²) in [6.45, 7) is 0. The van der Waals surface area contributed by atoms with Crippen molar-refractivity contribution >= 4 is 81.1 Å². The van der Waals surface area contributed by atoms with Crippen molar-refractivity contribution in [1.29, 1.82) is 0 Å². The highest BCUT2D eigenvalue weighted by Gasteiger charge is 2.54. The molecule has 0 radical (unpaired) electrons. The van der Waals surface area contributed by atoms with Crippen molar-refractivity contribution in [2.24, 2.45) is 7.05 Å². The van der Waals surface area contributed by atoms with Crippen molar-refractivity contribution in [3.8, 4) is 0 Å². The van der Waals surface area contributed by atoms with E-state index < -0.39 is 34.4 Å². The molecule has 5 rings (SSSR count). The first kappa shape index (κ1) is 26.8. The van der Waals surface area contributed by atoms with Gasteiger partial charge in [-0.1, -0.05) is 35.5 Å². The molecule has 1 aromatic carbocycles. The van der Waals surface area contributed by atoms with E-state index in [2.05, 4.69) is 25.8 Å². The molecule has 4 N–H and O–H groups in total. The fourth-order valence-electron chi connectivity index (χ4n) is 3.86. The molecule has 4 heterocycles. The maximum atomic E-state index is 13.5.